The fraction of sp³-hybridized carbons (Fsp3) is 0.304. The number of nitrogens with zero attached hydrogens (tertiary/aromatic N) is 1. The summed E-state index contributed by atoms with van der Waals surface area (Å²) in [5.41, 5.74) is 1.38. The van der Waals surface area contributed by atoms with E-state index in [1.807, 2.05) is 16.9 Å². The zero-order valence-corrected chi connectivity index (χ0v) is 20.5. The van der Waals surface area contributed by atoms with Gasteiger partial charge in [-0.2, -0.15) is 0 Å². The molecular formula is C23H26ClF2N3O3S. The molecule has 2 N–H and O–H groups in total. The number of hydrogen-bond donors (Lipinski definition) is 2. The van der Waals surface area contributed by atoms with Gasteiger partial charge in [0.15, 0.2) is 11.6 Å². The number of carbonyl (C=O) groups is 1. The average Bonchev–Trinajstić information content (AvgIpc) is 2.68. The van der Waals surface area contributed by atoms with Crippen molar-refractivity contribution in [3.63, 3.8) is 0 Å². The largest absolute Gasteiger partial charge is 0.346 e. The van der Waals surface area contributed by atoms with Crippen LogP contribution in [0.4, 0.5) is 14.5 Å². The first kappa shape index (κ1) is 26.5. The second kappa shape index (κ2) is 9.61. The first-order valence-electron chi connectivity index (χ1n) is 9.93. The van der Waals surface area contributed by atoms with Crippen molar-refractivity contribution in [3.8, 4) is 0 Å². The van der Waals surface area contributed by atoms with Gasteiger partial charge in [-0.25, -0.2) is 17.2 Å². The van der Waals surface area contributed by atoms with E-state index in [0.29, 0.717) is 5.56 Å². The first-order chi connectivity index (χ1) is 14.7. The third-order valence-electron chi connectivity index (χ3n) is 4.92. The Kier molecular flexibility index (Phi) is 7.71. The quantitative estimate of drug-likeness (QED) is 0.513. The van der Waals surface area contributed by atoms with Gasteiger partial charge in [0.25, 0.3) is 5.91 Å². The standard InChI is InChI=1S/C23H25F2N3O3S.ClH/c1-13(16-11-17(24)21(18(25)12-16)28-32(5,30)31)26-22(29)15-6-8-19-14(10-15)7-9-20(27-19)23(2,3)4;/h6-13,28H,1-5H3,(H,26,29);1H/t13-;/m1./s1. The van der Waals surface area contributed by atoms with Gasteiger partial charge in [0.1, 0.15) is 5.69 Å². The van der Waals surface area contributed by atoms with Crippen LogP contribution in [0.5, 0.6) is 0 Å². The number of aromatic nitrogens is 1. The molecule has 0 bridgehead atoms. The number of fused-ring (bicyclic) bond motifs is 1. The summed E-state index contributed by atoms with van der Waals surface area (Å²) in [5, 5.41) is 3.50. The zero-order valence-electron chi connectivity index (χ0n) is 18.9. The number of benzene rings is 2. The number of anilines is 1. The molecule has 1 atom stereocenters. The Bertz CT molecular complexity index is 1290. The molecule has 0 aliphatic carbocycles. The van der Waals surface area contributed by atoms with Crippen molar-refractivity contribution in [1.29, 1.82) is 0 Å². The maximum Gasteiger partial charge on any atom is 0.251 e. The molecule has 2 aromatic carbocycles. The van der Waals surface area contributed by atoms with Gasteiger partial charge in [-0.3, -0.25) is 14.5 Å². The molecule has 10 heteroatoms. The maximum absolute atomic E-state index is 14.3. The van der Waals surface area contributed by atoms with Crippen LogP contribution in [0, 0.1) is 11.6 Å². The molecule has 3 aromatic rings. The average molecular weight is 498 g/mol. The van der Waals surface area contributed by atoms with Gasteiger partial charge in [-0.05, 0) is 48.9 Å². The third-order valence-corrected chi connectivity index (χ3v) is 5.49. The van der Waals surface area contributed by atoms with Crippen LogP contribution < -0.4 is 10.0 Å². The molecule has 0 saturated carbocycles. The van der Waals surface area contributed by atoms with Crippen LogP contribution >= 0.6 is 12.4 Å². The number of nitrogens with one attached hydrogen (secondary N) is 2. The van der Waals surface area contributed by atoms with Crippen molar-refractivity contribution in [3.05, 3.63) is 70.9 Å². The highest BCUT2D eigenvalue weighted by atomic mass is 35.5. The Morgan fingerprint density at radius 1 is 1.03 bits per heavy atom. The van der Waals surface area contributed by atoms with Crippen molar-refractivity contribution in [1.82, 2.24) is 10.3 Å². The van der Waals surface area contributed by atoms with Crippen LogP contribution in [-0.4, -0.2) is 25.6 Å². The summed E-state index contributed by atoms with van der Waals surface area (Å²) in [4.78, 5) is 17.4. The second-order valence-corrected chi connectivity index (χ2v) is 10.5. The highest BCUT2D eigenvalue weighted by molar-refractivity contribution is 7.92. The third kappa shape index (κ3) is 6.39. The van der Waals surface area contributed by atoms with Gasteiger partial charge in [0.2, 0.25) is 10.0 Å². The van der Waals surface area contributed by atoms with Crippen molar-refractivity contribution < 1.29 is 22.0 Å². The minimum Gasteiger partial charge on any atom is -0.346 e. The zero-order chi connectivity index (χ0) is 23.8. The molecule has 1 heterocycles. The Hall–Kier alpha value is -2.78. The van der Waals surface area contributed by atoms with E-state index in [9.17, 15) is 22.0 Å². The minimum absolute atomic E-state index is 0. The molecule has 0 aliphatic rings. The number of amides is 1. The van der Waals surface area contributed by atoms with Gasteiger partial charge in [0, 0.05) is 22.1 Å². The number of pyridine rings is 1. The molecule has 0 spiro atoms. The van der Waals surface area contributed by atoms with E-state index < -0.39 is 39.3 Å². The van der Waals surface area contributed by atoms with E-state index in [4.69, 9.17) is 0 Å². The Morgan fingerprint density at radius 2 is 1.64 bits per heavy atom. The monoisotopic (exact) mass is 497 g/mol. The van der Waals surface area contributed by atoms with E-state index in [0.717, 1.165) is 35.0 Å². The number of carbonyl (C=O) groups excluding carboxylic acids is 1. The van der Waals surface area contributed by atoms with Crippen LogP contribution in [-0.2, 0) is 15.4 Å². The summed E-state index contributed by atoms with van der Waals surface area (Å²) in [6, 6.07) is 10.2. The molecule has 6 nitrogen and oxygen atoms in total. The van der Waals surface area contributed by atoms with Crippen molar-refractivity contribution in [2.75, 3.05) is 11.0 Å². The molecule has 1 amide bonds. The van der Waals surface area contributed by atoms with Gasteiger partial charge in [0.05, 0.1) is 17.8 Å². The molecule has 3 rings (SSSR count). The molecule has 0 radical (unpaired) electrons. The van der Waals surface area contributed by atoms with Crippen LogP contribution in [0.2, 0.25) is 0 Å². The fourth-order valence-electron chi connectivity index (χ4n) is 3.17. The molecule has 0 saturated heterocycles. The van der Waals surface area contributed by atoms with Gasteiger partial charge < -0.3 is 5.32 Å². The lowest BCUT2D eigenvalue weighted by Gasteiger charge is -2.18. The fourth-order valence-corrected chi connectivity index (χ4v) is 3.74. The first-order valence-corrected chi connectivity index (χ1v) is 11.8. The highest BCUT2D eigenvalue weighted by Gasteiger charge is 2.20. The van der Waals surface area contributed by atoms with Gasteiger partial charge in [-0.1, -0.05) is 26.8 Å². The lowest BCUT2D eigenvalue weighted by atomic mass is 9.91. The number of halogens is 3. The van der Waals surface area contributed by atoms with Crippen LogP contribution in [0.25, 0.3) is 10.9 Å². The summed E-state index contributed by atoms with van der Waals surface area (Å²) < 4.78 is 52.9. The van der Waals surface area contributed by atoms with Gasteiger partial charge in [-0.15, -0.1) is 12.4 Å². The van der Waals surface area contributed by atoms with Gasteiger partial charge >= 0.3 is 0 Å². The van der Waals surface area contributed by atoms with Crippen LogP contribution in [0.15, 0.2) is 42.5 Å². The van der Waals surface area contributed by atoms with E-state index >= 15 is 0 Å². The summed E-state index contributed by atoms with van der Waals surface area (Å²) in [6.45, 7) is 7.79. The summed E-state index contributed by atoms with van der Waals surface area (Å²) in [7, 11) is -3.84. The van der Waals surface area contributed by atoms with Crippen molar-refractivity contribution >= 4 is 44.9 Å². The predicted octanol–water partition coefficient (Wildman–Crippen LogP) is 5.09. The molecule has 33 heavy (non-hydrogen) atoms. The van der Waals surface area contributed by atoms with Crippen LogP contribution in [0.3, 0.4) is 0 Å². The van der Waals surface area contributed by atoms with E-state index in [2.05, 4.69) is 31.1 Å². The Balaban J connectivity index is 0.00000385. The Morgan fingerprint density at radius 3 is 2.18 bits per heavy atom. The topological polar surface area (TPSA) is 88.2 Å². The second-order valence-electron chi connectivity index (χ2n) is 8.78. The highest BCUT2D eigenvalue weighted by Crippen LogP contribution is 2.26. The van der Waals surface area contributed by atoms with E-state index in [1.54, 1.807) is 25.1 Å². The maximum atomic E-state index is 14.3. The lowest BCUT2D eigenvalue weighted by Crippen LogP contribution is -2.27. The number of hydrogen-bond acceptors (Lipinski definition) is 4. The van der Waals surface area contributed by atoms with E-state index in [1.165, 1.54) is 0 Å². The predicted molar refractivity (Wildman–Crippen MR) is 128 cm³/mol. The molecule has 178 valence electrons. The summed E-state index contributed by atoms with van der Waals surface area (Å²) in [5.74, 6) is -2.56. The van der Waals surface area contributed by atoms with Crippen molar-refractivity contribution in [2.45, 2.75) is 39.2 Å². The van der Waals surface area contributed by atoms with Crippen molar-refractivity contribution in [2.24, 2.45) is 0 Å². The Labute approximate surface area is 198 Å². The summed E-state index contributed by atoms with van der Waals surface area (Å²) in [6.07, 6.45) is 0.797. The number of sulfonamides is 1. The normalized spacial score (nSPS) is 12.7. The minimum atomic E-state index is -3.84. The van der Waals surface area contributed by atoms with E-state index in [-0.39, 0.29) is 23.4 Å². The molecule has 0 unspecified atom stereocenters. The lowest BCUT2D eigenvalue weighted by molar-refractivity contribution is 0.0940. The molecule has 0 aliphatic heterocycles. The molecule has 1 aromatic heterocycles. The van der Waals surface area contributed by atoms with Crippen LogP contribution in [0.1, 0.15) is 55.4 Å². The SMILES string of the molecule is C[C@@H](NC(=O)c1ccc2nc(C(C)(C)C)ccc2c1)c1cc(F)c(NS(C)(=O)=O)c(F)c1.Cl. The smallest absolute Gasteiger partial charge is 0.251 e. The number of rotatable bonds is 5. The summed E-state index contributed by atoms with van der Waals surface area (Å²) >= 11 is 0. The molecular weight excluding hydrogens is 472 g/mol. The molecule has 0 fully saturated rings.